The van der Waals surface area contributed by atoms with Gasteiger partial charge in [0.1, 0.15) is 29.5 Å². The van der Waals surface area contributed by atoms with E-state index in [9.17, 15) is 15.0 Å². The molecule has 7 nitrogen and oxygen atoms in total. The van der Waals surface area contributed by atoms with Crippen LogP contribution in [0.3, 0.4) is 0 Å². The molecule has 0 atom stereocenters. The van der Waals surface area contributed by atoms with Crippen molar-refractivity contribution >= 4 is 5.78 Å². The van der Waals surface area contributed by atoms with Crippen LogP contribution in [0.5, 0.6) is 17.2 Å². The van der Waals surface area contributed by atoms with E-state index >= 15 is 0 Å². The molecule has 0 unspecified atom stereocenters. The minimum absolute atomic E-state index is 0.110. The Hall–Kier alpha value is -4.10. The second kappa shape index (κ2) is 10.7. The fourth-order valence-electron chi connectivity index (χ4n) is 4.47. The first-order valence-electron chi connectivity index (χ1n) is 12.2. The molecular formula is C29H28N2O5. The Balaban J connectivity index is 1.44. The van der Waals surface area contributed by atoms with Gasteiger partial charge in [0, 0.05) is 23.2 Å². The molecule has 5 rings (SSSR count). The predicted octanol–water partition coefficient (Wildman–Crippen LogP) is 5.52. The number of rotatable bonds is 8. The van der Waals surface area contributed by atoms with Crippen LogP contribution in [-0.4, -0.2) is 52.3 Å². The molecule has 36 heavy (non-hydrogen) atoms. The molecule has 0 aliphatic carbocycles. The number of benzene rings is 3. The summed E-state index contributed by atoms with van der Waals surface area (Å²) in [4.78, 5) is 16.2. The van der Waals surface area contributed by atoms with Crippen LogP contribution in [0, 0.1) is 0 Å². The first-order chi connectivity index (χ1) is 17.6. The molecule has 4 aromatic rings. The number of carbonyl (C=O) groups excluding carboxylic acids is 1. The van der Waals surface area contributed by atoms with E-state index in [2.05, 4.69) is 10.1 Å². The number of aromatic nitrogens is 1. The van der Waals surface area contributed by atoms with Crippen molar-refractivity contribution in [2.24, 2.45) is 0 Å². The smallest absolute Gasteiger partial charge is 0.199 e. The minimum atomic E-state index is -0.260. The van der Waals surface area contributed by atoms with Crippen molar-refractivity contribution in [2.45, 2.75) is 19.3 Å². The highest BCUT2D eigenvalue weighted by atomic mass is 16.5. The highest BCUT2D eigenvalue weighted by Crippen LogP contribution is 2.35. The largest absolute Gasteiger partial charge is 0.508 e. The predicted molar refractivity (Wildman–Crippen MR) is 136 cm³/mol. The van der Waals surface area contributed by atoms with E-state index in [0.717, 1.165) is 19.6 Å². The minimum Gasteiger partial charge on any atom is -0.508 e. The molecule has 0 radical (unpaired) electrons. The van der Waals surface area contributed by atoms with Crippen molar-refractivity contribution in [2.75, 3.05) is 26.2 Å². The standard InChI is InChI=1S/C29H28N2O5/c32-23-11-7-20(8-12-23)27-26(29(36-30-27)21-9-13-24(33)14-10-21)28(34)22-5-4-6-25(19-22)35-18-17-31-15-2-1-3-16-31/h4-14,19,32-33H,1-3,15-18H2. The summed E-state index contributed by atoms with van der Waals surface area (Å²) in [5.74, 6) is 0.901. The molecule has 1 saturated heterocycles. The number of phenolic OH excluding ortho intramolecular Hbond substituents is 2. The molecule has 184 valence electrons. The zero-order valence-corrected chi connectivity index (χ0v) is 19.9. The van der Waals surface area contributed by atoms with E-state index in [4.69, 9.17) is 9.26 Å². The van der Waals surface area contributed by atoms with E-state index in [0.29, 0.717) is 46.1 Å². The van der Waals surface area contributed by atoms with Crippen molar-refractivity contribution in [1.82, 2.24) is 10.1 Å². The number of ether oxygens (including phenoxy) is 1. The Bertz CT molecular complexity index is 1260. The number of nitrogens with zero attached hydrogens (tertiary/aromatic N) is 2. The summed E-state index contributed by atoms with van der Waals surface area (Å²) >= 11 is 0. The third-order valence-electron chi connectivity index (χ3n) is 6.41. The molecule has 1 fully saturated rings. The highest BCUT2D eigenvalue weighted by molar-refractivity contribution is 6.15. The molecule has 7 heteroatoms. The maximum absolute atomic E-state index is 13.8. The van der Waals surface area contributed by atoms with Gasteiger partial charge in [-0.25, -0.2) is 0 Å². The summed E-state index contributed by atoms with van der Waals surface area (Å²) in [6.45, 7) is 3.63. The van der Waals surface area contributed by atoms with Crippen LogP contribution in [0.15, 0.2) is 77.3 Å². The zero-order chi connectivity index (χ0) is 24.9. The van der Waals surface area contributed by atoms with E-state index in [-0.39, 0.29) is 17.3 Å². The summed E-state index contributed by atoms with van der Waals surface area (Å²) in [5, 5.41) is 23.6. The van der Waals surface area contributed by atoms with Gasteiger partial charge in [0.15, 0.2) is 11.5 Å². The van der Waals surface area contributed by atoms with E-state index in [1.54, 1.807) is 42.5 Å². The normalized spacial score (nSPS) is 14.0. The van der Waals surface area contributed by atoms with E-state index in [1.807, 2.05) is 6.07 Å². The molecule has 2 N–H and O–H groups in total. The highest BCUT2D eigenvalue weighted by Gasteiger charge is 2.26. The maximum Gasteiger partial charge on any atom is 0.199 e. The van der Waals surface area contributed by atoms with Crippen LogP contribution in [0.1, 0.15) is 35.2 Å². The number of piperidine rings is 1. The Morgan fingerprint density at radius 3 is 2.25 bits per heavy atom. The van der Waals surface area contributed by atoms with Gasteiger partial charge in [-0.05, 0) is 86.6 Å². The van der Waals surface area contributed by atoms with Gasteiger partial charge in [0.2, 0.25) is 0 Å². The van der Waals surface area contributed by atoms with Crippen LogP contribution in [0.4, 0.5) is 0 Å². The SMILES string of the molecule is O=C(c1cccc(OCCN2CCCCC2)c1)c1c(-c2ccc(O)cc2)noc1-c1ccc(O)cc1. The van der Waals surface area contributed by atoms with Crippen LogP contribution in [-0.2, 0) is 0 Å². The van der Waals surface area contributed by atoms with Gasteiger partial charge >= 0.3 is 0 Å². The lowest BCUT2D eigenvalue weighted by Crippen LogP contribution is -2.33. The van der Waals surface area contributed by atoms with Crippen LogP contribution >= 0.6 is 0 Å². The lowest BCUT2D eigenvalue weighted by atomic mass is 9.95. The van der Waals surface area contributed by atoms with Crippen molar-refractivity contribution in [3.05, 3.63) is 83.9 Å². The monoisotopic (exact) mass is 484 g/mol. The van der Waals surface area contributed by atoms with Gasteiger partial charge in [0.05, 0.1) is 5.56 Å². The number of ketones is 1. The number of hydrogen-bond acceptors (Lipinski definition) is 7. The van der Waals surface area contributed by atoms with Gasteiger partial charge in [0.25, 0.3) is 0 Å². The summed E-state index contributed by atoms with van der Waals surface area (Å²) in [5.41, 5.74) is 2.38. The Kier molecular flexibility index (Phi) is 7.00. The summed E-state index contributed by atoms with van der Waals surface area (Å²) in [6.07, 6.45) is 3.76. The van der Waals surface area contributed by atoms with Gasteiger partial charge in [-0.3, -0.25) is 9.69 Å². The topological polar surface area (TPSA) is 96.0 Å². The fraction of sp³-hybridized carbons (Fsp3) is 0.241. The van der Waals surface area contributed by atoms with Crippen molar-refractivity contribution in [3.8, 4) is 39.8 Å². The third kappa shape index (κ3) is 5.26. The fourth-order valence-corrected chi connectivity index (χ4v) is 4.47. The summed E-state index contributed by atoms with van der Waals surface area (Å²) in [6, 6.07) is 20.0. The Morgan fingerprint density at radius 1 is 0.889 bits per heavy atom. The second-order valence-electron chi connectivity index (χ2n) is 8.94. The molecule has 1 aromatic heterocycles. The number of likely N-dealkylation sites (tertiary alicyclic amines) is 1. The number of aromatic hydroxyl groups is 2. The lowest BCUT2D eigenvalue weighted by molar-refractivity contribution is 0.103. The summed E-state index contributed by atoms with van der Waals surface area (Å²) in [7, 11) is 0. The van der Waals surface area contributed by atoms with E-state index < -0.39 is 0 Å². The lowest BCUT2D eigenvalue weighted by Gasteiger charge is -2.26. The van der Waals surface area contributed by atoms with Gasteiger partial charge in [-0.2, -0.15) is 0 Å². The number of hydrogen-bond donors (Lipinski definition) is 2. The van der Waals surface area contributed by atoms with Crippen LogP contribution in [0.2, 0.25) is 0 Å². The first kappa shape index (κ1) is 23.6. The molecule has 0 spiro atoms. The van der Waals surface area contributed by atoms with Crippen molar-refractivity contribution in [3.63, 3.8) is 0 Å². The molecule has 1 aliphatic heterocycles. The van der Waals surface area contributed by atoms with E-state index in [1.165, 1.54) is 43.5 Å². The summed E-state index contributed by atoms with van der Waals surface area (Å²) < 4.78 is 11.6. The maximum atomic E-state index is 13.8. The van der Waals surface area contributed by atoms with Gasteiger partial charge in [-0.15, -0.1) is 0 Å². The van der Waals surface area contributed by atoms with Crippen LogP contribution in [0.25, 0.3) is 22.6 Å². The van der Waals surface area contributed by atoms with Crippen molar-refractivity contribution < 1.29 is 24.3 Å². The quantitative estimate of drug-likeness (QED) is 0.318. The van der Waals surface area contributed by atoms with Crippen LogP contribution < -0.4 is 4.74 Å². The van der Waals surface area contributed by atoms with Gasteiger partial charge in [-0.1, -0.05) is 23.7 Å². The molecular weight excluding hydrogens is 456 g/mol. The Morgan fingerprint density at radius 2 is 1.56 bits per heavy atom. The third-order valence-corrected chi connectivity index (χ3v) is 6.41. The second-order valence-corrected chi connectivity index (χ2v) is 8.94. The average Bonchev–Trinajstić information content (AvgIpc) is 3.35. The van der Waals surface area contributed by atoms with Crippen molar-refractivity contribution in [1.29, 1.82) is 0 Å². The first-order valence-corrected chi connectivity index (χ1v) is 12.2. The Labute approximate surface area is 209 Å². The molecule has 3 aromatic carbocycles. The van der Waals surface area contributed by atoms with Gasteiger partial charge < -0.3 is 19.5 Å². The average molecular weight is 485 g/mol. The zero-order valence-electron chi connectivity index (χ0n) is 19.9. The molecule has 0 bridgehead atoms. The molecule has 0 amide bonds. The molecule has 0 saturated carbocycles. The number of phenols is 2. The molecule has 2 heterocycles. The molecule has 1 aliphatic rings. The number of carbonyl (C=O) groups is 1.